The number of nitrogens with two attached hydrogens (primary N) is 1. The van der Waals surface area contributed by atoms with Gasteiger partial charge in [-0.1, -0.05) is 17.6 Å². The SMILES string of the molecule is CC(C)(O)C(C)(C)OBc1ccc(C=N)c(N)c1. The van der Waals surface area contributed by atoms with Gasteiger partial charge < -0.3 is 20.9 Å². The molecule has 0 aliphatic carbocycles. The topological polar surface area (TPSA) is 79.3 Å². The van der Waals surface area contributed by atoms with Crippen LogP contribution in [0.25, 0.3) is 0 Å². The van der Waals surface area contributed by atoms with Gasteiger partial charge in [-0.15, -0.1) is 0 Å². The van der Waals surface area contributed by atoms with Crippen molar-refractivity contribution in [2.45, 2.75) is 38.9 Å². The number of benzene rings is 1. The third-order valence-corrected chi connectivity index (χ3v) is 3.38. The van der Waals surface area contributed by atoms with Gasteiger partial charge >= 0.3 is 7.48 Å². The van der Waals surface area contributed by atoms with E-state index in [-0.39, 0.29) is 0 Å². The average Bonchev–Trinajstić information content (AvgIpc) is 2.25. The summed E-state index contributed by atoms with van der Waals surface area (Å²) in [5.74, 6) is 0. The molecule has 0 aliphatic heterocycles. The molecule has 4 nitrogen and oxygen atoms in total. The van der Waals surface area contributed by atoms with Crippen LogP contribution in [-0.2, 0) is 4.65 Å². The van der Waals surface area contributed by atoms with Crippen molar-refractivity contribution in [3.05, 3.63) is 23.8 Å². The summed E-state index contributed by atoms with van der Waals surface area (Å²) in [6.07, 6.45) is 1.22. The first-order valence-corrected chi connectivity index (χ1v) is 5.92. The molecule has 0 fully saturated rings. The fraction of sp³-hybridized carbons (Fsp3) is 0.462. The Kier molecular flexibility index (Phi) is 4.19. The van der Waals surface area contributed by atoms with Crippen LogP contribution in [0, 0.1) is 5.41 Å². The summed E-state index contributed by atoms with van der Waals surface area (Å²) in [7, 11) is 0.374. The normalized spacial score (nSPS) is 12.3. The van der Waals surface area contributed by atoms with Crippen LogP contribution in [0.2, 0.25) is 0 Å². The molecule has 4 N–H and O–H groups in total. The first-order chi connectivity index (χ1) is 8.17. The van der Waals surface area contributed by atoms with Crippen LogP contribution in [0.4, 0.5) is 5.69 Å². The summed E-state index contributed by atoms with van der Waals surface area (Å²) in [4.78, 5) is 0. The second-order valence-electron chi connectivity index (χ2n) is 5.47. The summed E-state index contributed by atoms with van der Waals surface area (Å²) in [6.45, 7) is 7.14. The van der Waals surface area contributed by atoms with Crippen LogP contribution >= 0.6 is 0 Å². The van der Waals surface area contributed by atoms with Gasteiger partial charge in [0.2, 0.25) is 0 Å². The summed E-state index contributed by atoms with van der Waals surface area (Å²) >= 11 is 0. The maximum absolute atomic E-state index is 9.98. The minimum atomic E-state index is -0.923. The second-order valence-corrected chi connectivity index (χ2v) is 5.47. The molecule has 0 spiro atoms. The molecule has 0 aliphatic rings. The molecule has 98 valence electrons. The molecule has 1 rings (SSSR count). The number of aliphatic hydroxyl groups is 1. The third-order valence-electron chi connectivity index (χ3n) is 3.38. The molecule has 0 amide bonds. The fourth-order valence-electron chi connectivity index (χ4n) is 1.29. The van der Waals surface area contributed by atoms with Crippen LogP contribution < -0.4 is 11.2 Å². The predicted octanol–water partition coefficient (Wildman–Crippen LogP) is 0.809. The average molecular weight is 248 g/mol. The predicted molar refractivity (Wildman–Crippen MR) is 77.0 cm³/mol. The molecule has 0 saturated heterocycles. The Bertz CT molecular complexity index is 439. The van der Waals surface area contributed by atoms with Gasteiger partial charge in [0.25, 0.3) is 0 Å². The van der Waals surface area contributed by atoms with E-state index < -0.39 is 11.2 Å². The number of anilines is 1. The minimum absolute atomic E-state index is 0.374. The van der Waals surface area contributed by atoms with E-state index in [1.807, 2.05) is 19.9 Å². The van der Waals surface area contributed by atoms with Gasteiger partial charge in [-0.25, -0.2) is 0 Å². The van der Waals surface area contributed by atoms with E-state index in [0.717, 1.165) is 5.46 Å². The Morgan fingerprint density at radius 1 is 1.33 bits per heavy atom. The maximum Gasteiger partial charge on any atom is 0.309 e. The highest BCUT2D eigenvalue weighted by Gasteiger charge is 2.35. The van der Waals surface area contributed by atoms with Gasteiger partial charge in [0.1, 0.15) is 0 Å². The Labute approximate surface area is 109 Å². The van der Waals surface area contributed by atoms with E-state index in [4.69, 9.17) is 15.8 Å². The summed E-state index contributed by atoms with van der Waals surface area (Å²) in [5, 5.41) is 17.1. The van der Waals surface area contributed by atoms with E-state index in [1.54, 1.807) is 26.0 Å². The molecule has 0 atom stereocenters. The number of nitrogen functional groups attached to an aromatic ring is 1. The highest BCUT2D eigenvalue weighted by Crippen LogP contribution is 2.24. The van der Waals surface area contributed by atoms with Crippen molar-refractivity contribution in [2.24, 2.45) is 0 Å². The number of hydrogen-bond donors (Lipinski definition) is 3. The number of rotatable bonds is 5. The van der Waals surface area contributed by atoms with E-state index in [0.29, 0.717) is 18.7 Å². The van der Waals surface area contributed by atoms with E-state index in [1.165, 1.54) is 6.21 Å². The molecule has 5 heteroatoms. The molecule has 0 heterocycles. The van der Waals surface area contributed by atoms with Crippen LogP contribution in [0.15, 0.2) is 18.2 Å². The molecular formula is C13H21BN2O2. The van der Waals surface area contributed by atoms with Crippen molar-refractivity contribution in [3.8, 4) is 0 Å². The maximum atomic E-state index is 9.98. The zero-order chi connectivity index (χ0) is 14.0. The van der Waals surface area contributed by atoms with Crippen molar-refractivity contribution in [1.82, 2.24) is 0 Å². The van der Waals surface area contributed by atoms with Gasteiger partial charge in [0.05, 0.1) is 11.2 Å². The highest BCUT2D eigenvalue weighted by molar-refractivity contribution is 6.47. The van der Waals surface area contributed by atoms with Crippen molar-refractivity contribution < 1.29 is 9.76 Å². The highest BCUT2D eigenvalue weighted by atomic mass is 16.5. The van der Waals surface area contributed by atoms with Crippen LogP contribution in [0.1, 0.15) is 33.3 Å². The van der Waals surface area contributed by atoms with Crippen molar-refractivity contribution in [2.75, 3.05) is 5.73 Å². The third kappa shape index (κ3) is 3.34. The molecule has 0 bridgehead atoms. The Morgan fingerprint density at radius 3 is 2.39 bits per heavy atom. The lowest BCUT2D eigenvalue weighted by molar-refractivity contribution is -0.0893. The van der Waals surface area contributed by atoms with Crippen LogP contribution in [0.3, 0.4) is 0 Å². The summed E-state index contributed by atoms with van der Waals surface area (Å²) < 4.78 is 5.75. The van der Waals surface area contributed by atoms with Crippen molar-refractivity contribution in [1.29, 1.82) is 5.41 Å². The summed E-state index contributed by atoms with van der Waals surface area (Å²) in [6, 6.07) is 5.45. The van der Waals surface area contributed by atoms with E-state index in [2.05, 4.69) is 0 Å². The monoisotopic (exact) mass is 248 g/mol. The lowest BCUT2D eigenvalue weighted by Gasteiger charge is -2.37. The Hall–Kier alpha value is -1.33. The second kappa shape index (κ2) is 5.12. The standard InChI is InChI=1S/C13H21BN2O2/c1-12(2,17)13(3,4)18-14-10-6-5-9(8-15)11(16)7-10/h5-8,14-15,17H,16H2,1-4H3. The van der Waals surface area contributed by atoms with E-state index in [9.17, 15) is 5.11 Å². The number of hydrogen-bond acceptors (Lipinski definition) is 4. The smallest absolute Gasteiger partial charge is 0.309 e. The molecule has 0 unspecified atom stereocenters. The molecule has 1 aromatic carbocycles. The van der Waals surface area contributed by atoms with Gasteiger partial charge in [-0.2, -0.15) is 0 Å². The lowest BCUT2D eigenvalue weighted by atomic mass is 9.82. The fourth-order valence-corrected chi connectivity index (χ4v) is 1.29. The van der Waals surface area contributed by atoms with Gasteiger partial charge in [-0.05, 0) is 33.8 Å². The molecular weight excluding hydrogens is 227 g/mol. The largest absolute Gasteiger partial charge is 0.427 e. The molecule has 1 aromatic rings. The van der Waals surface area contributed by atoms with Gasteiger partial charge in [0, 0.05) is 17.5 Å². The summed E-state index contributed by atoms with van der Waals surface area (Å²) in [5.41, 5.74) is 6.41. The zero-order valence-corrected chi connectivity index (χ0v) is 11.4. The van der Waals surface area contributed by atoms with Crippen LogP contribution in [0.5, 0.6) is 0 Å². The lowest BCUT2D eigenvalue weighted by Crippen LogP contribution is -2.49. The van der Waals surface area contributed by atoms with Crippen LogP contribution in [-0.4, -0.2) is 30.0 Å². The number of nitrogens with one attached hydrogen (secondary N) is 1. The van der Waals surface area contributed by atoms with Gasteiger partial charge in [-0.3, -0.25) is 0 Å². The zero-order valence-electron chi connectivity index (χ0n) is 11.4. The van der Waals surface area contributed by atoms with Crippen molar-refractivity contribution in [3.63, 3.8) is 0 Å². The quantitative estimate of drug-likeness (QED) is 0.410. The first-order valence-electron chi connectivity index (χ1n) is 5.92. The Morgan fingerprint density at radius 2 is 1.94 bits per heavy atom. The molecule has 18 heavy (non-hydrogen) atoms. The molecule has 0 aromatic heterocycles. The van der Waals surface area contributed by atoms with E-state index >= 15 is 0 Å². The molecule has 0 radical (unpaired) electrons. The van der Waals surface area contributed by atoms with Crippen molar-refractivity contribution >= 4 is 24.8 Å². The first kappa shape index (κ1) is 14.7. The Balaban J connectivity index is 2.76. The minimum Gasteiger partial charge on any atom is -0.427 e. The van der Waals surface area contributed by atoms with Gasteiger partial charge in [0.15, 0.2) is 0 Å². The molecule has 0 saturated carbocycles.